The zero-order chi connectivity index (χ0) is 26.1. The van der Waals surface area contributed by atoms with Crippen LogP contribution in [0.5, 0.6) is 6.01 Å². The van der Waals surface area contributed by atoms with Crippen molar-refractivity contribution < 1.29 is 18.7 Å². The monoisotopic (exact) mass is 575 g/mol. The smallest absolute Gasteiger partial charge is 0.410 e. The number of nitrogens with zero attached hydrogens (tertiary/aromatic N) is 5. The number of carbonyl (C=O) groups excluding carboxylic acids is 1. The van der Waals surface area contributed by atoms with E-state index in [2.05, 4.69) is 37.8 Å². The number of benzene rings is 1. The highest BCUT2D eigenvalue weighted by molar-refractivity contribution is 9.10. The molecule has 200 valence electrons. The van der Waals surface area contributed by atoms with Gasteiger partial charge in [-0.25, -0.2) is 9.18 Å². The average Bonchev–Trinajstić information content (AvgIpc) is 3.20. The fourth-order valence-electron chi connectivity index (χ4n) is 6.69. The van der Waals surface area contributed by atoms with Crippen LogP contribution in [0, 0.1) is 5.82 Å². The SMILES string of the molecule is CN1C2CCC1CC(Oc1nc(N3CC4CCC(C3)N4C(=O)OC(C)(C)C)c3ccc(Br)c(F)c3n1)C2. The van der Waals surface area contributed by atoms with Gasteiger partial charge in [0.25, 0.3) is 0 Å². The lowest BCUT2D eigenvalue weighted by atomic mass is 10.0. The molecule has 0 spiro atoms. The Kier molecular flexibility index (Phi) is 6.25. The zero-order valence-corrected chi connectivity index (χ0v) is 23.5. The Morgan fingerprint density at radius 3 is 2.27 bits per heavy atom. The van der Waals surface area contributed by atoms with Gasteiger partial charge in [0.1, 0.15) is 23.0 Å². The van der Waals surface area contributed by atoms with Crippen LogP contribution < -0.4 is 9.64 Å². The number of hydrogen-bond acceptors (Lipinski definition) is 7. The van der Waals surface area contributed by atoms with E-state index < -0.39 is 11.4 Å². The third-order valence-corrected chi connectivity index (χ3v) is 9.04. The van der Waals surface area contributed by atoms with Gasteiger partial charge in [-0.3, -0.25) is 4.90 Å². The molecule has 5 heterocycles. The quantitative estimate of drug-likeness (QED) is 0.502. The lowest BCUT2D eigenvalue weighted by Gasteiger charge is -2.42. The molecule has 8 nitrogen and oxygen atoms in total. The average molecular weight is 577 g/mol. The van der Waals surface area contributed by atoms with Gasteiger partial charge in [0.05, 0.1) is 16.6 Å². The van der Waals surface area contributed by atoms with Gasteiger partial charge < -0.3 is 19.3 Å². The molecule has 4 atom stereocenters. The van der Waals surface area contributed by atoms with Crippen LogP contribution in [0.1, 0.15) is 59.3 Å². The van der Waals surface area contributed by atoms with E-state index in [-0.39, 0.29) is 35.8 Å². The molecule has 4 aliphatic rings. The molecular weight excluding hydrogens is 541 g/mol. The van der Waals surface area contributed by atoms with Gasteiger partial charge in [-0.1, -0.05) is 0 Å². The predicted molar refractivity (Wildman–Crippen MR) is 143 cm³/mol. The first-order valence-electron chi connectivity index (χ1n) is 13.4. The number of fused-ring (bicyclic) bond motifs is 5. The highest BCUT2D eigenvalue weighted by Crippen LogP contribution is 2.39. The van der Waals surface area contributed by atoms with Gasteiger partial charge in [0, 0.05) is 43.4 Å². The summed E-state index contributed by atoms with van der Waals surface area (Å²) in [5.41, 5.74) is -0.284. The summed E-state index contributed by atoms with van der Waals surface area (Å²) in [6.45, 7) is 6.88. The molecule has 37 heavy (non-hydrogen) atoms. The van der Waals surface area contributed by atoms with Crippen LogP contribution in [0.25, 0.3) is 10.9 Å². The standard InChI is InChI=1S/C27H35BrFN5O3/c1-27(2,3)37-26(35)34-17-7-8-18(34)14-33(13-17)24-20-9-10-21(28)22(29)23(20)30-25(31-24)36-19-11-15-5-6-16(12-19)32(15)4/h9-10,15-19H,5-8,11-14H2,1-4H3. The van der Waals surface area contributed by atoms with E-state index in [0.29, 0.717) is 40.9 Å². The zero-order valence-electron chi connectivity index (χ0n) is 21.9. The Balaban J connectivity index is 1.30. The first kappa shape index (κ1) is 25.1. The van der Waals surface area contributed by atoms with Gasteiger partial charge >= 0.3 is 12.1 Å². The molecule has 0 saturated carbocycles. The minimum absolute atomic E-state index is 0.0211. The maximum Gasteiger partial charge on any atom is 0.410 e. The van der Waals surface area contributed by atoms with Gasteiger partial charge in [0.15, 0.2) is 5.82 Å². The van der Waals surface area contributed by atoms with E-state index in [1.165, 1.54) is 12.8 Å². The van der Waals surface area contributed by atoms with E-state index >= 15 is 4.39 Å². The Bertz CT molecular complexity index is 1190. The topological polar surface area (TPSA) is 71.0 Å². The molecule has 2 aromatic rings. The number of amides is 1. The number of halogens is 2. The Labute approximate surface area is 225 Å². The normalized spacial score (nSPS) is 29.7. The summed E-state index contributed by atoms with van der Waals surface area (Å²) in [6, 6.07) is 4.87. The number of anilines is 1. The number of aromatic nitrogens is 2. The highest BCUT2D eigenvalue weighted by atomic mass is 79.9. The van der Waals surface area contributed by atoms with Gasteiger partial charge in [0.2, 0.25) is 0 Å². The van der Waals surface area contributed by atoms with Crippen LogP contribution in [-0.4, -0.2) is 81.9 Å². The lowest BCUT2D eigenvalue weighted by Crippen LogP contribution is -2.57. The summed E-state index contributed by atoms with van der Waals surface area (Å²) in [6.07, 6.45) is 5.83. The molecule has 1 aromatic carbocycles. The van der Waals surface area contributed by atoms with E-state index in [0.717, 1.165) is 25.7 Å². The second kappa shape index (κ2) is 9.22. The fourth-order valence-corrected chi connectivity index (χ4v) is 7.01. The molecule has 4 bridgehead atoms. The molecule has 0 N–H and O–H groups in total. The van der Waals surface area contributed by atoms with E-state index in [9.17, 15) is 4.79 Å². The van der Waals surface area contributed by atoms with Gasteiger partial charge in [-0.15, -0.1) is 0 Å². The molecule has 4 aliphatic heterocycles. The predicted octanol–water partition coefficient (Wildman–Crippen LogP) is 5.12. The van der Waals surface area contributed by atoms with Gasteiger partial charge in [-0.2, -0.15) is 9.97 Å². The van der Waals surface area contributed by atoms with E-state index in [4.69, 9.17) is 14.5 Å². The van der Waals surface area contributed by atoms with Crippen molar-refractivity contribution in [2.45, 2.75) is 95.2 Å². The van der Waals surface area contributed by atoms with Gasteiger partial charge in [-0.05, 0) is 81.6 Å². The number of piperidine rings is 1. The largest absolute Gasteiger partial charge is 0.460 e. The molecule has 0 radical (unpaired) electrons. The number of ether oxygens (including phenoxy) is 2. The van der Waals surface area contributed by atoms with Crippen molar-refractivity contribution in [3.8, 4) is 6.01 Å². The molecule has 0 aliphatic carbocycles. The Morgan fingerprint density at radius 1 is 1.03 bits per heavy atom. The van der Waals surface area contributed by atoms with Crippen molar-refractivity contribution in [2.24, 2.45) is 0 Å². The van der Waals surface area contributed by atoms with E-state index in [1.54, 1.807) is 6.07 Å². The minimum Gasteiger partial charge on any atom is -0.460 e. The third-order valence-electron chi connectivity index (χ3n) is 8.43. The maximum absolute atomic E-state index is 15.3. The van der Waals surface area contributed by atoms with Crippen LogP contribution in [0.4, 0.5) is 15.0 Å². The summed E-state index contributed by atoms with van der Waals surface area (Å²) in [7, 11) is 2.20. The molecule has 1 aromatic heterocycles. The summed E-state index contributed by atoms with van der Waals surface area (Å²) < 4.78 is 27.7. The fraction of sp³-hybridized carbons (Fsp3) is 0.667. The van der Waals surface area contributed by atoms with Crippen molar-refractivity contribution in [1.29, 1.82) is 0 Å². The first-order chi connectivity index (χ1) is 17.6. The number of rotatable bonds is 3. The summed E-state index contributed by atoms with van der Waals surface area (Å²) in [5, 5.41) is 0.654. The number of carbonyl (C=O) groups is 1. The van der Waals surface area contributed by atoms with Crippen LogP contribution in [0.2, 0.25) is 0 Å². The molecule has 4 fully saturated rings. The number of piperazine rings is 1. The first-order valence-corrected chi connectivity index (χ1v) is 14.2. The summed E-state index contributed by atoms with van der Waals surface area (Å²) in [5.74, 6) is 0.257. The molecule has 1 amide bonds. The summed E-state index contributed by atoms with van der Waals surface area (Å²) in [4.78, 5) is 28.9. The maximum atomic E-state index is 15.3. The van der Waals surface area contributed by atoms with Crippen molar-refractivity contribution in [3.63, 3.8) is 0 Å². The van der Waals surface area contributed by atoms with Crippen LogP contribution in [-0.2, 0) is 4.74 Å². The molecule has 4 unspecified atom stereocenters. The Hall–Kier alpha value is -2.20. The lowest BCUT2D eigenvalue weighted by molar-refractivity contribution is 0.0122. The van der Waals surface area contributed by atoms with Crippen molar-refractivity contribution in [2.75, 3.05) is 25.0 Å². The van der Waals surface area contributed by atoms with Crippen LogP contribution in [0.15, 0.2) is 16.6 Å². The number of hydrogen-bond donors (Lipinski definition) is 0. The highest BCUT2D eigenvalue weighted by Gasteiger charge is 2.45. The second-order valence-electron chi connectivity index (χ2n) is 12.0. The molecule has 4 saturated heterocycles. The minimum atomic E-state index is -0.541. The molecular formula is C27H35BrFN5O3. The van der Waals surface area contributed by atoms with Crippen LogP contribution >= 0.6 is 15.9 Å². The second-order valence-corrected chi connectivity index (χ2v) is 12.9. The van der Waals surface area contributed by atoms with Crippen LogP contribution in [0.3, 0.4) is 0 Å². The molecule has 10 heteroatoms. The van der Waals surface area contributed by atoms with Crippen molar-refractivity contribution in [3.05, 3.63) is 22.4 Å². The van der Waals surface area contributed by atoms with E-state index in [1.807, 2.05) is 31.7 Å². The Morgan fingerprint density at radius 2 is 1.65 bits per heavy atom. The molecule has 6 rings (SSSR count). The third kappa shape index (κ3) is 4.64. The van der Waals surface area contributed by atoms with Crippen molar-refractivity contribution in [1.82, 2.24) is 19.8 Å². The summed E-state index contributed by atoms with van der Waals surface area (Å²) >= 11 is 3.31. The van der Waals surface area contributed by atoms with Crippen molar-refractivity contribution >= 4 is 38.7 Å².